The predicted molar refractivity (Wildman–Crippen MR) is 60.4 cm³/mol. The minimum Gasteiger partial charge on any atom is -0.381 e. The van der Waals surface area contributed by atoms with Gasteiger partial charge in [-0.15, -0.1) is 0 Å². The molecule has 0 heterocycles. The van der Waals surface area contributed by atoms with Crippen LogP contribution >= 0.6 is 0 Å². The van der Waals surface area contributed by atoms with Gasteiger partial charge in [0, 0.05) is 6.61 Å². The van der Waals surface area contributed by atoms with Crippen LogP contribution in [0, 0.1) is 17.3 Å². The van der Waals surface area contributed by atoms with Gasteiger partial charge < -0.3 is 10.1 Å². The maximum absolute atomic E-state index is 5.49. The minimum atomic E-state index is 0.472. The van der Waals surface area contributed by atoms with Crippen molar-refractivity contribution in [2.24, 2.45) is 17.3 Å². The van der Waals surface area contributed by atoms with E-state index in [1.165, 1.54) is 13.0 Å². The summed E-state index contributed by atoms with van der Waals surface area (Å²) >= 11 is 0. The highest BCUT2D eigenvalue weighted by Crippen LogP contribution is 2.51. The highest BCUT2D eigenvalue weighted by molar-refractivity contribution is 4.99. The standard InChI is InChI=1S/C12H25NO/c1-5-14-9-12(4)6-11(12)8-13-7-10(2)3/h10-11,13H,5-9H2,1-4H3. The number of ether oxygens (including phenoxy) is 1. The third-order valence-corrected chi connectivity index (χ3v) is 3.12. The van der Waals surface area contributed by atoms with Crippen LogP contribution in [0.5, 0.6) is 0 Å². The van der Waals surface area contributed by atoms with E-state index in [9.17, 15) is 0 Å². The van der Waals surface area contributed by atoms with Crippen LogP contribution < -0.4 is 5.32 Å². The first-order chi connectivity index (χ1) is 6.58. The normalized spacial score (nSPS) is 31.1. The Labute approximate surface area is 88.4 Å². The van der Waals surface area contributed by atoms with E-state index in [4.69, 9.17) is 4.74 Å². The van der Waals surface area contributed by atoms with Crippen LogP contribution in [0.3, 0.4) is 0 Å². The van der Waals surface area contributed by atoms with E-state index in [0.29, 0.717) is 5.41 Å². The lowest BCUT2D eigenvalue weighted by Gasteiger charge is -2.12. The Morgan fingerprint density at radius 3 is 2.79 bits per heavy atom. The lowest BCUT2D eigenvalue weighted by Crippen LogP contribution is -2.24. The molecule has 0 radical (unpaired) electrons. The maximum atomic E-state index is 5.49. The molecule has 2 heteroatoms. The average molecular weight is 199 g/mol. The quantitative estimate of drug-likeness (QED) is 0.679. The summed E-state index contributed by atoms with van der Waals surface area (Å²) in [5, 5.41) is 3.52. The van der Waals surface area contributed by atoms with Crippen LogP contribution in [-0.2, 0) is 4.74 Å². The molecule has 0 bridgehead atoms. The molecule has 1 rings (SSSR count). The van der Waals surface area contributed by atoms with Gasteiger partial charge in [-0.2, -0.15) is 0 Å². The summed E-state index contributed by atoms with van der Waals surface area (Å²) < 4.78 is 5.49. The Bertz CT molecular complexity index is 170. The van der Waals surface area contributed by atoms with Gasteiger partial charge in [-0.3, -0.25) is 0 Å². The minimum absolute atomic E-state index is 0.472. The Hall–Kier alpha value is -0.0800. The molecule has 0 aliphatic heterocycles. The molecule has 0 aromatic heterocycles. The Morgan fingerprint density at radius 2 is 2.21 bits per heavy atom. The van der Waals surface area contributed by atoms with E-state index in [1.54, 1.807) is 0 Å². The van der Waals surface area contributed by atoms with Crippen LogP contribution in [-0.4, -0.2) is 26.3 Å². The lowest BCUT2D eigenvalue weighted by molar-refractivity contribution is 0.101. The summed E-state index contributed by atoms with van der Waals surface area (Å²) in [6, 6.07) is 0. The van der Waals surface area contributed by atoms with Crippen LogP contribution in [0.4, 0.5) is 0 Å². The fourth-order valence-corrected chi connectivity index (χ4v) is 1.88. The first-order valence-corrected chi connectivity index (χ1v) is 5.87. The molecule has 0 aromatic rings. The largest absolute Gasteiger partial charge is 0.381 e. The van der Waals surface area contributed by atoms with Crippen molar-refractivity contribution in [1.29, 1.82) is 0 Å². The number of rotatable bonds is 7. The average Bonchev–Trinajstić information content (AvgIpc) is 2.74. The fraction of sp³-hybridized carbons (Fsp3) is 1.00. The van der Waals surface area contributed by atoms with E-state index in [0.717, 1.165) is 31.6 Å². The predicted octanol–water partition coefficient (Wildman–Crippen LogP) is 2.29. The first-order valence-electron chi connectivity index (χ1n) is 5.87. The fourth-order valence-electron chi connectivity index (χ4n) is 1.88. The number of nitrogens with one attached hydrogen (secondary N) is 1. The molecule has 0 amide bonds. The SMILES string of the molecule is CCOCC1(C)CC1CNCC(C)C. The van der Waals surface area contributed by atoms with Crippen LogP contribution in [0.25, 0.3) is 0 Å². The van der Waals surface area contributed by atoms with Crippen molar-refractivity contribution in [1.82, 2.24) is 5.32 Å². The van der Waals surface area contributed by atoms with Gasteiger partial charge in [0.15, 0.2) is 0 Å². The zero-order chi connectivity index (χ0) is 10.6. The molecule has 2 atom stereocenters. The van der Waals surface area contributed by atoms with Gasteiger partial charge in [0.05, 0.1) is 6.61 Å². The third kappa shape index (κ3) is 3.58. The van der Waals surface area contributed by atoms with Crippen molar-refractivity contribution in [2.45, 2.75) is 34.1 Å². The second-order valence-corrected chi connectivity index (χ2v) is 5.24. The molecule has 2 nitrogen and oxygen atoms in total. The monoisotopic (exact) mass is 199 g/mol. The highest BCUT2D eigenvalue weighted by Gasteiger charge is 2.49. The third-order valence-electron chi connectivity index (χ3n) is 3.12. The van der Waals surface area contributed by atoms with Gasteiger partial charge >= 0.3 is 0 Å². The molecule has 1 fully saturated rings. The molecule has 1 N–H and O–H groups in total. The highest BCUT2D eigenvalue weighted by atomic mass is 16.5. The van der Waals surface area contributed by atoms with Gasteiger partial charge in [0.2, 0.25) is 0 Å². The van der Waals surface area contributed by atoms with Crippen molar-refractivity contribution in [3.05, 3.63) is 0 Å². The summed E-state index contributed by atoms with van der Waals surface area (Å²) in [5.74, 6) is 1.60. The van der Waals surface area contributed by atoms with Crippen molar-refractivity contribution in [3.63, 3.8) is 0 Å². The Balaban J connectivity index is 2.06. The second kappa shape index (κ2) is 5.13. The van der Waals surface area contributed by atoms with Gasteiger partial charge in [0.1, 0.15) is 0 Å². The van der Waals surface area contributed by atoms with Gasteiger partial charge in [-0.1, -0.05) is 20.8 Å². The van der Waals surface area contributed by atoms with Crippen molar-refractivity contribution in [3.8, 4) is 0 Å². The zero-order valence-corrected chi connectivity index (χ0v) is 10.1. The molecular weight excluding hydrogens is 174 g/mol. The Kier molecular flexibility index (Phi) is 4.39. The van der Waals surface area contributed by atoms with Crippen LogP contribution in [0.2, 0.25) is 0 Å². The van der Waals surface area contributed by atoms with Crippen LogP contribution in [0.15, 0.2) is 0 Å². The Morgan fingerprint density at radius 1 is 1.50 bits per heavy atom. The number of hydrogen-bond acceptors (Lipinski definition) is 2. The molecule has 1 aliphatic carbocycles. The first kappa shape index (κ1) is 12.0. The van der Waals surface area contributed by atoms with Gasteiger partial charge in [0.25, 0.3) is 0 Å². The van der Waals surface area contributed by atoms with Gasteiger partial charge in [-0.25, -0.2) is 0 Å². The molecule has 0 saturated heterocycles. The topological polar surface area (TPSA) is 21.3 Å². The second-order valence-electron chi connectivity index (χ2n) is 5.24. The van der Waals surface area contributed by atoms with E-state index >= 15 is 0 Å². The molecule has 84 valence electrons. The molecule has 1 saturated carbocycles. The molecular formula is C12H25NO. The molecule has 0 spiro atoms. The maximum Gasteiger partial charge on any atom is 0.0522 e. The summed E-state index contributed by atoms with van der Waals surface area (Å²) in [6.07, 6.45) is 1.33. The summed E-state index contributed by atoms with van der Waals surface area (Å²) in [7, 11) is 0. The summed E-state index contributed by atoms with van der Waals surface area (Å²) in [5.41, 5.74) is 0.472. The number of hydrogen-bond donors (Lipinski definition) is 1. The molecule has 14 heavy (non-hydrogen) atoms. The van der Waals surface area contributed by atoms with E-state index < -0.39 is 0 Å². The smallest absolute Gasteiger partial charge is 0.0522 e. The van der Waals surface area contributed by atoms with Gasteiger partial charge in [-0.05, 0) is 43.7 Å². The van der Waals surface area contributed by atoms with Crippen molar-refractivity contribution >= 4 is 0 Å². The zero-order valence-electron chi connectivity index (χ0n) is 10.1. The summed E-state index contributed by atoms with van der Waals surface area (Å²) in [4.78, 5) is 0. The molecule has 1 aliphatic rings. The van der Waals surface area contributed by atoms with Crippen molar-refractivity contribution < 1.29 is 4.74 Å². The lowest BCUT2D eigenvalue weighted by atomic mass is 10.1. The van der Waals surface area contributed by atoms with E-state index in [2.05, 4.69) is 33.0 Å². The van der Waals surface area contributed by atoms with E-state index in [1.807, 2.05) is 0 Å². The van der Waals surface area contributed by atoms with E-state index in [-0.39, 0.29) is 0 Å². The van der Waals surface area contributed by atoms with Crippen molar-refractivity contribution in [2.75, 3.05) is 26.3 Å². The van der Waals surface area contributed by atoms with Crippen LogP contribution in [0.1, 0.15) is 34.1 Å². The summed E-state index contributed by atoms with van der Waals surface area (Å²) in [6.45, 7) is 13.0. The molecule has 2 unspecified atom stereocenters. The molecule has 0 aromatic carbocycles.